The van der Waals surface area contributed by atoms with Crippen LogP contribution in [0.2, 0.25) is 0 Å². The largest absolute Gasteiger partial charge is 0.507 e. The van der Waals surface area contributed by atoms with Gasteiger partial charge in [-0.25, -0.2) is 0 Å². The molecule has 1 fully saturated rings. The van der Waals surface area contributed by atoms with Gasteiger partial charge in [0, 0.05) is 41.6 Å². The Hall–Kier alpha value is -3.41. The van der Waals surface area contributed by atoms with E-state index in [1.165, 1.54) is 0 Å². The number of aliphatic hydroxyl groups excluding tert-OH is 1. The number of pyridine rings is 1. The van der Waals surface area contributed by atoms with Crippen molar-refractivity contribution in [3.63, 3.8) is 0 Å². The van der Waals surface area contributed by atoms with Crippen LogP contribution in [-0.4, -0.2) is 38.2 Å². The third-order valence-corrected chi connectivity index (χ3v) is 5.16. The second kappa shape index (κ2) is 7.31. The lowest BCUT2D eigenvalue weighted by atomic mass is 9.95. The van der Waals surface area contributed by atoms with Gasteiger partial charge >= 0.3 is 0 Å². The second-order valence-corrected chi connectivity index (χ2v) is 6.87. The van der Waals surface area contributed by atoms with Gasteiger partial charge in [-0.15, -0.1) is 0 Å². The van der Waals surface area contributed by atoms with Gasteiger partial charge in [-0.05, 0) is 30.2 Å². The van der Waals surface area contributed by atoms with Crippen LogP contribution < -0.4 is 0 Å². The maximum absolute atomic E-state index is 12.9. The van der Waals surface area contributed by atoms with Gasteiger partial charge in [-0.2, -0.15) is 0 Å². The number of amides is 1. The summed E-state index contributed by atoms with van der Waals surface area (Å²) in [6, 6.07) is 10.5. The van der Waals surface area contributed by atoms with Crippen molar-refractivity contribution in [1.29, 1.82) is 0 Å². The molecule has 1 aromatic carbocycles. The van der Waals surface area contributed by atoms with Crippen LogP contribution in [0, 0.1) is 0 Å². The normalized spacial score (nSPS) is 18.9. The van der Waals surface area contributed by atoms with E-state index in [4.69, 9.17) is 0 Å². The molecule has 0 saturated carbocycles. The first-order valence-corrected chi connectivity index (χ1v) is 9.38. The number of aromatic amines is 1. The van der Waals surface area contributed by atoms with Gasteiger partial charge in [0.25, 0.3) is 11.7 Å². The number of ketones is 1. The van der Waals surface area contributed by atoms with Crippen LogP contribution >= 0.6 is 0 Å². The molecule has 0 bridgehead atoms. The molecule has 4 rings (SSSR count). The molecular formula is C22H21N3O3. The number of Topliss-reactive ketones (excluding diaryl/α,β-unsaturated/α-hetero) is 1. The van der Waals surface area contributed by atoms with Crippen LogP contribution in [0.1, 0.15) is 36.9 Å². The summed E-state index contributed by atoms with van der Waals surface area (Å²) in [5, 5.41) is 11.9. The van der Waals surface area contributed by atoms with Crippen LogP contribution in [0.3, 0.4) is 0 Å². The molecule has 28 heavy (non-hydrogen) atoms. The van der Waals surface area contributed by atoms with Crippen LogP contribution in [0.25, 0.3) is 16.7 Å². The van der Waals surface area contributed by atoms with Crippen molar-refractivity contribution in [2.75, 3.05) is 6.54 Å². The van der Waals surface area contributed by atoms with Crippen molar-refractivity contribution >= 4 is 28.4 Å². The van der Waals surface area contributed by atoms with Crippen molar-refractivity contribution in [2.24, 2.45) is 0 Å². The predicted molar refractivity (Wildman–Crippen MR) is 106 cm³/mol. The standard InChI is InChI=1S/C22H21N3O3/c1-2-3-12-25-19(14-8-10-23-11-9-14)18(21(27)22(25)28)20(26)16-13-24-17-7-5-4-6-15(16)17/h4-11,13,19,24,26H,2-3,12H2,1H3/b20-18-. The Morgan fingerprint density at radius 2 is 1.93 bits per heavy atom. The van der Waals surface area contributed by atoms with Crippen LogP contribution in [0.5, 0.6) is 0 Å². The van der Waals surface area contributed by atoms with E-state index in [1.54, 1.807) is 35.6 Å². The number of benzene rings is 1. The van der Waals surface area contributed by atoms with E-state index >= 15 is 0 Å². The third kappa shape index (κ3) is 2.87. The number of unbranched alkanes of at least 4 members (excludes halogenated alkanes) is 1. The number of hydrogen-bond acceptors (Lipinski definition) is 4. The van der Waals surface area contributed by atoms with Crippen molar-refractivity contribution in [3.05, 3.63) is 71.7 Å². The number of carbonyl (C=O) groups is 2. The lowest BCUT2D eigenvalue weighted by molar-refractivity contribution is -0.139. The average molecular weight is 375 g/mol. The molecule has 1 amide bonds. The van der Waals surface area contributed by atoms with Crippen molar-refractivity contribution in [3.8, 4) is 0 Å². The highest BCUT2D eigenvalue weighted by atomic mass is 16.3. The number of fused-ring (bicyclic) bond motifs is 1. The number of aromatic nitrogens is 2. The fraction of sp³-hybridized carbons (Fsp3) is 0.227. The van der Waals surface area contributed by atoms with Gasteiger partial charge in [-0.1, -0.05) is 31.5 Å². The van der Waals surface area contributed by atoms with Crippen molar-refractivity contribution in [2.45, 2.75) is 25.8 Å². The molecule has 0 spiro atoms. The molecule has 0 radical (unpaired) electrons. The zero-order chi connectivity index (χ0) is 19.7. The molecule has 3 heterocycles. The summed E-state index contributed by atoms with van der Waals surface area (Å²) in [6.07, 6.45) is 6.60. The maximum atomic E-state index is 12.9. The lowest BCUT2D eigenvalue weighted by Crippen LogP contribution is -2.30. The first kappa shape index (κ1) is 18.0. The Morgan fingerprint density at radius 1 is 1.18 bits per heavy atom. The van der Waals surface area contributed by atoms with Crippen molar-refractivity contribution in [1.82, 2.24) is 14.9 Å². The van der Waals surface area contributed by atoms with Gasteiger partial charge in [0.2, 0.25) is 0 Å². The summed E-state index contributed by atoms with van der Waals surface area (Å²) in [7, 11) is 0. The minimum absolute atomic E-state index is 0.122. The smallest absolute Gasteiger partial charge is 0.295 e. The molecule has 6 heteroatoms. The Bertz CT molecular complexity index is 1070. The van der Waals surface area contributed by atoms with Gasteiger partial charge < -0.3 is 15.0 Å². The molecule has 3 aromatic rings. The SMILES string of the molecule is CCCCN1C(=O)C(=O)/C(=C(\O)c2c[nH]c3ccccc23)C1c1ccncc1. The molecule has 0 aliphatic carbocycles. The number of nitrogens with zero attached hydrogens (tertiary/aromatic N) is 2. The monoisotopic (exact) mass is 375 g/mol. The highest BCUT2D eigenvalue weighted by molar-refractivity contribution is 6.46. The molecule has 1 saturated heterocycles. The summed E-state index contributed by atoms with van der Waals surface area (Å²) in [5.41, 5.74) is 2.25. The third-order valence-electron chi connectivity index (χ3n) is 5.16. The molecule has 2 aromatic heterocycles. The van der Waals surface area contributed by atoms with E-state index in [1.807, 2.05) is 31.2 Å². The number of aliphatic hydroxyl groups is 1. The number of H-pyrrole nitrogens is 1. The summed E-state index contributed by atoms with van der Waals surface area (Å²) in [6.45, 7) is 2.49. The van der Waals surface area contributed by atoms with E-state index in [2.05, 4.69) is 9.97 Å². The van der Waals surface area contributed by atoms with E-state index in [-0.39, 0.29) is 11.3 Å². The molecule has 142 valence electrons. The van der Waals surface area contributed by atoms with Crippen LogP contribution in [-0.2, 0) is 9.59 Å². The van der Waals surface area contributed by atoms with Gasteiger partial charge in [0.05, 0.1) is 11.6 Å². The lowest BCUT2D eigenvalue weighted by Gasteiger charge is -2.25. The number of carbonyl (C=O) groups excluding carboxylic acids is 2. The summed E-state index contributed by atoms with van der Waals surface area (Å²) in [4.78, 5) is 34.3. The van der Waals surface area contributed by atoms with Crippen LogP contribution in [0.4, 0.5) is 0 Å². The molecule has 1 aliphatic rings. The Labute approximate surface area is 162 Å². The fourth-order valence-corrected chi connectivity index (χ4v) is 3.74. The molecular weight excluding hydrogens is 354 g/mol. The number of nitrogens with one attached hydrogen (secondary N) is 1. The minimum atomic E-state index is -0.652. The zero-order valence-electron chi connectivity index (χ0n) is 15.6. The summed E-state index contributed by atoms with van der Waals surface area (Å²) >= 11 is 0. The van der Waals surface area contributed by atoms with Gasteiger partial charge in [0.1, 0.15) is 5.76 Å². The van der Waals surface area contributed by atoms with E-state index in [0.29, 0.717) is 12.1 Å². The first-order valence-electron chi connectivity index (χ1n) is 9.38. The Kier molecular flexibility index (Phi) is 4.69. The Morgan fingerprint density at radius 3 is 2.68 bits per heavy atom. The number of rotatable bonds is 5. The summed E-state index contributed by atoms with van der Waals surface area (Å²) in [5.74, 6) is -1.38. The highest BCUT2D eigenvalue weighted by Gasteiger charge is 2.45. The number of para-hydroxylation sites is 1. The van der Waals surface area contributed by atoms with E-state index in [9.17, 15) is 14.7 Å². The second-order valence-electron chi connectivity index (χ2n) is 6.87. The number of likely N-dealkylation sites (tertiary alicyclic amines) is 1. The minimum Gasteiger partial charge on any atom is -0.507 e. The van der Waals surface area contributed by atoms with Gasteiger partial charge in [0.15, 0.2) is 0 Å². The first-order chi connectivity index (χ1) is 13.6. The quantitative estimate of drug-likeness (QED) is 0.404. The van der Waals surface area contributed by atoms with Crippen LogP contribution in [0.15, 0.2) is 60.6 Å². The zero-order valence-corrected chi connectivity index (χ0v) is 15.6. The van der Waals surface area contributed by atoms with E-state index < -0.39 is 17.7 Å². The fourth-order valence-electron chi connectivity index (χ4n) is 3.74. The predicted octanol–water partition coefficient (Wildman–Crippen LogP) is 3.78. The van der Waals surface area contributed by atoms with Gasteiger partial charge in [-0.3, -0.25) is 14.6 Å². The average Bonchev–Trinajstić information content (AvgIpc) is 3.26. The van der Waals surface area contributed by atoms with E-state index in [0.717, 1.165) is 29.3 Å². The molecule has 1 unspecified atom stereocenters. The molecule has 6 nitrogen and oxygen atoms in total. The highest BCUT2D eigenvalue weighted by Crippen LogP contribution is 2.40. The number of hydrogen-bond donors (Lipinski definition) is 2. The van der Waals surface area contributed by atoms with Crippen molar-refractivity contribution < 1.29 is 14.7 Å². The summed E-state index contributed by atoms with van der Waals surface area (Å²) < 4.78 is 0. The molecule has 1 aliphatic heterocycles. The maximum Gasteiger partial charge on any atom is 0.295 e. The molecule has 2 N–H and O–H groups in total. The topological polar surface area (TPSA) is 86.3 Å². The Balaban J connectivity index is 1.90. The molecule has 1 atom stereocenters.